The molecule has 0 aliphatic carbocycles. The third-order valence-electron chi connectivity index (χ3n) is 4.29. The fourth-order valence-corrected chi connectivity index (χ4v) is 5.13. The van der Waals surface area contributed by atoms with Crippen LogP contribution in [-0.4, -0.2) is 68.9 Å². The number of rotatable bonds is 6. The first-order valence-electron chi connectivity index (χ1n) is 7.88. The van der Waals surface area contributed by atoms with Crippen molar-refractivity contribution in [2.24, 2.45) is 5.92 Å². The Labute approximate surface area is 133 Å². The van der Waals surface area contributed by atoms with E-state index in [0.717, 1.165) is 43.9 Å². The topological polar surface area (TPSA) is 58.6 Å². The lowest BCUT2D eigenvalue weighted by atomic mass is 9.90. The molecule has 0 aromatic rings. The first-order valence-corrected chi connectivity index (χ1v) is 10.9. The number of piperidine rings is 1. The largest absolute Gasteiger partial charge is 0.375 e. The molecule has 5 nitrogen and oxygen atoms in total. The van der Waals surface area contributed by atoms with Gasteiger partial charge in [-0.05, 0) is 31.7 Å². The normalized spacial score (nSPS) is 30.2. The van der Waals surface area contributed by atoms with E-state index in [-0.39, 0.29) is 6.10 Å². The average molecular weight is 337 g/mol. The van der Waals surface area contributed by atoms with Crippen molar-refractivity contribution < 1.29 is 13.2 Å². The van der Waals surface area contributed by atoms with Crippen molar-refractivity contribution in [3.8, 4) is 0 Å². The van der Waals surface area contributed by atoms with E-state index < -0.39 is 10.0 Å². The predicted octanol–water partition coefficient (Wildman–Crippen LogP) is 1.16. The summed E-state index contributed by atoms with van der Waals surface area (Å²) in [5.41, 5.74) is 0. The Morgan fingerprint density at radius 1 is 1.48 bits per heavy atom. The van der Waals surface area contributed by atoms with Gasteiger partial charge >= 0.3 is 0 Å². The van der Waals surface area contributed by atoms with E-state index in [1.54, 1.807) is 4.31 Å². The third kappa shape index (κ3) is 5.39. The van der Waals surface area contributed by atoms with Gasteiger partial charge in [0.25, 0.3) is 0 Å². The lowest BCUT2D eigenvalue weighted by molar-refractivity contribution is 0.0378. The van der Waals surface area contributed by atoms with Crippen LogP contribution < -0.4 is 5.32 Å². The lowest BCUT2D eigenvalue weighted by Gasteiger charge is -2.36. The summed E-state index contributed by atoms with van der Waals surface area (Å²) >= 11 is 1.95. The molecule has 0 aromatic carbocycles. The Hall–Kier alpha value is 0.180. The molecule has 2 fully saturated rings. The Bertz CT molecular complexity index is 410. The van der Waals surface area contributed by atoms with E-state index >= 15 is 0 Å². The molecule has 3 atom stereocenters. The van der Waals surface area contributed by atoms with E-state index in [1.807, 2.05) is 11.8 Å². The quantitative estimate of drug-likeness (QED) is 0.789. The standard InChI is InChI=1S/C14H28N2O3S2/c1-3-15-13(14-11-20-8-7-19-14)9-12-5-4-6-16(10-12)21(2,17)18/h12-15H,3-11H2,1-2H3. The fourth-order valence-electron chi connectivity index (χ4n) is 3.25. The van der Waals surface area contributed by atoms with Crippen molar-refractivity contribution in [1.29, 1.82) is 0 Å². The molecule has 7 heteroatoms. The highest BCUT2D eigenvalue weighted by Gasteiger charge is 2.31. The van der Waals surface area contributed by atoms with Gasteiger partial charge in [0.05, 0.1) is 19.0 Å². The van der Waals surface area contributed by atoms with Crippen molar-refractivity contribution in [2.75, 3.05) is 44.0 Å². The summed E-state index contributed by atoms with van der Waals surface area (Å²) in [6.45, 7) is 5.22. The summed E-state index contributed by atoms with van der Waals surface area (Å²) in [6, 6.07) is 0.340. The van der Waals surface area contributed by atoms with Gasteiger partial charge in [-0.1, -0.05) is 6.92 Å². The van der Waals surface area contributed by atoms with Crippen LogP contribution in [-0.2, 0) is 14.8 Å². The van der Waals surface area contributed by atoms with Gasteiger partial charge in [0.2, 0.25) is 10.0 Å². The molecule has 0 radical (unpaired) electrons. The van der Waals surface area contributed by atoms with Crippen LogP contribution in [0, 0.1) is 5.92 Å². The van der Waals surface area contributed by atoms with Crippen LogP contribution in [0.1, 0.15) is 26.2 Å². The summed E-state index contributed by atoms with van der Waals surface area (Å²) in [6.07, 6.45) is 4.67. The molecule has 0 bridgehead atoms. The maximum atomic E-state index is 11.7. The van der Waals surface area contributed by atoms with Gasteiger partial charge in [0, 0.05) is 30.6 Å². The molecule has 2 saturated heterocycles. The predicted molar refractivity (Wildman–Crippen MR) is 88.3 cm³/mol. The monoisotopic (exact) mass is 336 g/mol. The molecule has 124 valence electrons. The Morgan fingerprint density at radius 3 is 2.90 bits per heavy atom. The van der Waals surface area contributed by atoms with Crippen molar-refractivity contribution >= 4 is 21.8 Å². The average Bonchev–Trinajstić information content (AvgIpc) is 2.47. The second-order valence-electron chi connectivity index (χ2n) is 6.01. The van der Waals surface area contributed by atoms with Gasteiger partial charge in [-0.3, -0.25) is 0 Å². The number of nitrogens with zero attached hydrogens (tertiary/aromatic N) is 1. The number of nitrogens with one attached hydrogen (secondary N) is 1. The Balaban J connectivity index is 1.92. The molecule has 0 saturated carbocycles. The van der Waals surface area contributed by atoms with E-state index in [9.17, 15) is 8.42 Å². The highest BCUT2D eigenvalue weighted by atomic mass is 32.2. The second kappa shape index (κ2) is 8.15. The SMILES string of the molecule is CCNC(CC1CCCN(S(C)(=O)=O)C1)C1CSCCO1. The number of ether oxygens (including phenoxy) is 1. The molecule has 0 spiro atoms. The minimum atomic E-state index is -3.05. The molecule has 2 rings (SSSR count). The summed E-state index contributed by atoms with van der Waals surface area (Å²) in [4.78, 5) is 0. The van der Waals surface area contributed by atoms with E-state index in [2.05, 4.69) is 12.2 Å². The van der Waals surface area contributed by atoms with Gasteiger partial charge in [-0.15, -0.1) is 0 Å². The van der Waals surface area contributed by atoms with Gasteiger partial charge in [-0.2, -0.15) is 11.8 Å². The molecule has 2 aliphatic heterocycles. The summed E-state index contributed by atoms with van der Waals surface area (Å²) < 4.78 is 31.0. The zero-order valence-corrected chi connectivity index (χ0v) is 14.7. The number of hydrogen-bond acceptors (Lipinski definition) is 5. The molecular formula is C14H28N2O3S2. The lowest BCUT2D eigenvalue weighted by Crippen LogP contribution is -2.48. The van der Waals surface area contributed by atoms with Gasteiger partial charge in [0.1, 0.15) is 0 Å². The van der Waals surface area contributed by atoms with Crippen LogP contribution in [0.3, 0.4) is 0 Å². The van der Waals surface area contributed by atoms with Crippen LogP contribution in [0.15, 0.2) is 0 Å². The summed E-state index contributed by atoms with van der Waals surface area (Å²) in [5, 5.41) is 3.55. The molecule has 1 N–H and O–H groups in total. The molecular weight excluding hydrogens is 308 g/mol. The van der Waals surface area contributed by atoms with E-state index in [1.165, 1.54) is 6.26 Å². The van der Waals surface area contributed by atoms with Crippen LogP contribution in [0.2, 0.25) is 0 Å². The second-order valence-corrected chi connectivity index (χ2v) is 9.15. The Kier molecular flexibility index (Phi) is 6.80. The highest BCUT2D eigenvalue weighted by Crippen LogP contribution is 2.26. The maximum Gasteiger partial charge on any atom is 0.211 e. The van der Waals surface area contributed by atoms with E-state index in [4.69, 9.17) is 4.74 Å². The number of likely N-dealkylation sites (N-methyl/N-ethyl adjacent to an activating group) is 1. The number of hydrogen-bond donors (Lipinski definition) is 1. The van der Waals surface area contributed by atoms with Gasteiger partial charge in [0.15, 0.2) is 0 Å². The zero-order chi connectivity index (χ0) is 15.3. The smallest absolute Gasteiger partial charge is 0.211 e. The first-order chi connectivity index (χ1) is 10.0. The van der Waals surface area contributed by atoms with Crippen molar-refractivity contribution in [3.05, 3.63) is 0 Å². The third-order valence-corrected chi connectivity index (χ3v) is 6.58. The molecule has 2 aliphatic rings. The molecule has 0 aromatic heterocycles. The first kappa shape index (κ1) is 17.5. The highest BCUT2D eigenvalue weighted by molar-refractivity contribution is 7.99. The maximum absolute atomic E-state index is 11.7. The van der Waals surface area contributed by atoms with Gasteiger partial charge in [-0.25, -0.2) is 12.7 Å². The van der Waals surface area contributed by atoms with Crippen molar-refractivity contribution in [1.82, 2.24) is 9.62 Å². The minimum absolute atomic E-state index is 0.261. The van der Waals surface area contributed by atoms with Crippen molar-refractivity contribution in [2.45, 2.75) is 38.3 Å². The van der Waals surface area contributed by atoms with Crippen LogP contribution in [0.5, 0.6) is 0 Å². The number of thioether (sulfide) groups is 1. The summed E-state index contributed by atoms with van der Waals surface area (Å²) in [7, 11) is -3.05. The van der Waals surface area contributed by atoms with Crippen molar-refractivity contribution in [3.63, 3.8) is 0 Å². The Morgan fingerprint density at radius 2 is 2.29 bits per heavy atom. The number of sulfonamides is 1. The summed E-state index contributed by atoms with van der Waals surface area (Å²) in [5.74, 6) is 2.56. The molecule has 0 amide bonds. The molecule has 21 heavy (non-hydrogen) atoms. The van der Waals surface area contributed by atoms with Crippen LogP contribution >= 0.6 is 11.8 Å². The zero-order valence-electron chi connectivity index (χ0n) is 13.1. The van der Waals surface area contributed by atoms with Crippen LogP contribution in [0.25, 0.3) is 0 Å². The molecule has 2 heterocycles. The minimum Gasteiger partial charge on any atom is -0.375 e. The fraction of sp³-hybridized carbons (Fsp3) is 1.00. The van der Waals surface area contributed by atoms with Gasteiger partial charge < -0.3 is 10.1 Å². The van der Waals surface area contributed by atoms with Crippen LogP contribution in [0.4, 0.5) is 0 Å². The molecule has 3 unspecified atom stereocenters. The van der Waals surface area contributed by atoms with E-state index in [0.29, 0.717) is 25.0 Å².